The first-order chi connectivity index (χ1) is 9.90. The van der Waals surface area contributed by atoms with Crippen LogP contribution in [0.1, 0.15) is 25.8 Å². The zero-order chi connectivity index (χ0) is 15.8. The van der Waals surface area contributed by atoms with Crippen LogP contribution in [0, 0.1) is 17.6 Å². The Hall–Kier alpha value is -1.20. The summed E-state index contributed by atoms with van der Waals surface area (Å²) in [6.07, 6.45) is 0.726. The fraction of sp³-hybridized carbons (Fsp3) is 0.625. The molecule has 1 aromatic rings. The minimum Gasteiger partial charge on any atom is -0.488 e. The van der Waals surface area contributed by atoms with Gasteiger partial charge in [0.05, 0.1) is 6.61 Å². The van der Waals surface area contributed by atoms with Gasteiger partial charge >= 0.3 is 0 Å². The van der Waals surface area contributed by atoms with Crippen molar-refractivity contribution in [3.05, 3.63) is 29.3 Å². The molecule has 0 aromatic heterocycles. The van der Waals surface area contributed by atoms with Gasteiger partial charge in [0.15, 0.2) is 17.4 Å². The van der Waals surface area contributed by atoms with Crippen LogP contribution >= 0.6 is 0 Å². The SMILES string of the molecule is CC(C)CNCc1cc(F)c(OCCCN(C)C)c(F)c1. The lowest BCUT2D eigenvalue weighted by Gasteiger charge is -2.13. The van der Waals surface area contributed by atoms with E-state index >= 15 is 0 Å². The minimum absolute atomic E-state index is 0.277. The van der Waals surface area contributed by atoms with E-state index in [4.69, 9.17) is 4.74 Å². The zero-order valence-corrected chi connectivity index (χ0v) is 13.4. The van der Waals surface area contributed by atoms with Gasteiger partial charge in [-0.1, -0.05) is 13.8 Å². The van der Waals surface area contributed by atoms with E-state index in [-0.39, 0.29) is 5.75 Å². The van der Waals surface area contributed by atoms with Crippen molar-refractivity contribution < 1.29 is 13.5 Å². The highest BCUT2D eigenvalue weighted by Gasteiger charge is 2.12. The van der Waals surface area contributed by atoms with E-state index in [0.717, 1.165) is 19.5 Å². The Morgan fingerprint density at radius 2 is 1.81 bits per heavy atom. The molecule has 1 rings (SSSR count). The van der Waals surface area contributed by atoms with Crippen molar-refractivity contribution in [2.75, 3.05) is 33.8 Å². The fourth-order valence-corrected chi connectivity index (χ4v) is 1.91. The van der Waals surface area contributed by atoms with Gasteiger partial charge in [0.2, 0.25) is 0 Å². The minimum atomic E-state index is -0.638. The molecule has 3 nitrogen and oxygen atoms in total. The van der Waals surface area contributed by atoms with E-state index in [1.54, 1.807) is 0 Å². The quantitative estimate of drug-likeness (QED) is 0.709. The summed E-state index contributed by atoms with van der Waals surface area (Å²) in [6.45, 7) is 6.55. The third kappa shape index (κ3) is 6.87. The summed E-state index contributed by atoms with van der Waals surface area (Å²) >= 11 is 0. The summed E-state index contributed by atoms with van der Waals surface area (Å²) < 4.78 is 33.0. The van der Waals surface area contributed by atoms with Crippen LogP contribution in [0.5, 0.6) is 5.75 Å². The molecule has 0 unspecified atom stereocenters. The first-order valence-corrected chi connectivity index (χ1v) is 7.36. The molecule has 0 aliphatic heterocycles. The van der Waals surface area contributed by atoms with Crippen molar-refractivity contribution in [2.45, 2.75) is 26.8 Å². The summed E-state index contributed by atoms with van der Waals surface area (Å²) in [5.41, 5.74) is 0.589. The number of ether oxygens (including phenoxy) is 1. The van der Waals surface area contributed by atoms with E-state index in [2.05, 4.69) is 19.2 Å². The number of nitrogens with one attached hydrogen (secondary N) is 1. The highest BCUT2D eigenvalue weighted by atomic mass is 19.1. The number of hydrogen-bond donors (Lipinski definition) is 1. The molecule has 0 saturated carbocycles. The largest absolute Gasteiger partial charge is 0.488 e. The molecule has 0 radical (unpaired) electrons. The van der Waals surface area contributed by atoms with Crippen LogP contribution in [-0.4, -0.2) is 38.7 Å². The van der Waals surface area contributed by atoms with E-state index in [0.29, 0.717) is 24.6 Å². The van der Waals surface area contributed by atoms with Gasteiger partial charge in [0, 0.05) is 13.1 Å². The molecule has 1 aromatic carbocycles. The normalized spacial score (nSPS) is 11.4. The highest BCUT2D eigenvalue weighted by molar-refractivity contribution is 5.31. The van der Waals surface area contributed by atoms with E-state index in [1.165, 1.54) is 12.1 Å². The van der Waals surface area contributed by atoms with Crippen LogP contribution in [0.15, 0.2) is 12.1 Å². The van der Waals surface area contributed by atoms with Gasteiger partial charge in [0.1, 0.15) is 0 Å². The first kappa shape index (κ1) is 17.9. The van der Waals surface area contributed by atoms with E-state index < -0.39 is 11.6 Å². The Morgan fingerprint density at radius 3 is 2.33 bits per heavy atom. The van der Waals surface area contributed by atoms with E-state index in [9.17, 15) is 8.78 Å². The maximum atomic E-state index is 13.9. The number of halogens is 2. The Labute approximate surface area is 126 Å². The lowest BCUT2D eigenvalue weighted by atomic mass is 10.1. The van der Waals surface area contributed by atoms with Crippen molar-refractivity contribution in [3.8, 4) is 5.75 Å². The monoisotopic (exact) mass is 300 g/mol. The average Bonchev–Trinajstić information content (AvgIpc) is 2.36. The van der Waals surface area contributed by atoms with Crippen LogP contribution in [-0.2, 0) is 6.54 Å². The molecular weight excluding hydrogens is 274 g/mol. The Bertz CT molecular complexity index is 413. The first-order valence-electron chi connectivity index (χ1n) is 7.36. The van der Waals surface area contributed by atoms with Crippen LogP contribution in [0.3, 0.4) is 0 Å². The molecule has 21 heavy (non-hydrogen) atoms. The van der Waals surface area contributed by atoms with Crippen molar-refractivity contribution in [1.82, 2.24) is 10.2 Å². The predicted octanol–water partition coefficient (Wildman–Crippen LogP) is 3.04. The van der Waals surface area contributed by atoms with Gasteiger partial charge in [-0.3, -0.25) is 0 Å². The summed E-state index contributed by atoms with van der Waals surface area (Å²) in [4.78, 5) is 2.00. The molecule has 120 valence electrons. The van der Waals surface area contributed by atoms with Gasteiger partial charge < -0.3 is 15.0 Å². The molecule has 1 N–H and O–H groups in total. The molecule has 0 spiro atoms. The van der Waals surface area contributed by atoms with Crippen LogP contribution < -0.4 is 10.1 Å². The number of hydrogen-bond acceptors (Lipinski definition) is 3. The van der Waals surface area contributed by atoms with Crippen molar-refractivity contribution in [1.29, 1.82) is 0 Å². The van der Waals surface area contributed by atoms with Gasteiger partial charge in [-0.15, -0.1) is 0 Å². The molecule has 0 aliphatic rings. The second-order valence-corrected chi connectivity index (χ2v) is 5.92. The maximum absolute atomic E-state index is 13.9. The molecule has 0 amide bonds. The molecule has 0 atom stereocenters. The second kappa shape index (κ2) is 8.95. The van der Waals surface area contributed by atoms with Gasteiger partial charge in [0.25, 0.3) is 0 Å². The summed E-state index contributed by atoms with van der Waals surface area (Å²) in [6, 6.07) is 2.66. The standard InChI is InChI=1S/C16H26F2N2O/c1-12(2)10-19-11-13-8-14(17)16(15(18)9-13)21-7-5-6-20(3)4/h8-9,12,19H,5-7,10-11H2,1-4H3. The molecule has 0 saturated heterocycles. The Morgan fingerprint density at radius 1 is 1.19 bits per heavy atom. The van der Waals surface area contributed by atoms with Crippen molar-refractivity contribution in [2.24, 2.45) is 5.92 Å². The number of benzene rings is 1. The van der Waals surface area contributed by atoms with Crippen molar-refractivity contribution >= 4 is 0 Å². The summed E-state index contributed by atoms with van der Waals surface area (Å²) in [5, 5.41) is 3.16. The third-order valence-electron chi connectivity index (χ3n) is 2.94. The average molecular weight is 300 g/mol. The van der Waals surface area contributed by atoms with Gasteiger partial charge in [-0.25, -0.2) is 8.78 Å². The zero-order valence-electron chi connectivity index (χ0n) is 13.4. The smallest absolute Gasteiger partial charge is 0.190 e. The number of nitrogens with zero attached hydrogens (tertiary/aromatic N) is 1. The Kier molecular flexibility index (Phi) is 7.61. The number of rotatable bonds is 9. The molecule has 5 heteroatoms. The Balaban J connectivity index is 2.54. The van der Waals surface area contributed by atoms with E-state index in [1.807, 2.05) is 19.0 Å². The van der Waals surface area contributed by atoms with Crippen LogP contribution in [0.2, 0.25) is 0 Å². The summed E-state index contributed by atoms with van der Waals surface area (Å²) in [7, 11) is 3.89. The topological polar surface area (TPSA) is 24.5 Å². The molecule has 0 bridgehead atoms. The van der Waals surface area contributed by atoms with Crippen LogP contribution in [0.25, 0.3) is 0 Å². The molecular formula is C16H26F2N2O. The molecule has 0 fully saturated rings. The molecule has 0 aliphatic carbocycles. The third-order valence-corrected chi connectivity index (χ3v) is 2.94. The van der Waals surface area contributed by atoms with Crippen molar-refractivity contribution in [3.63, 3.8) is 0 Å². The van der Waals surface area contributed by atoms with Crippen LogP contribution in [0.4, 0.5) is 8.78 Å². The lowest BCUT2D eigenvalue weighted by molar-refractivity contribution is 0.259. The van der Waals surface area contributed by atoms with Gasteiger partial charge in [-0.2, -0.15) is 0 Å². The predicted molar refractivity (Wildman–Crippen MR) is 81.6 cm³/mol. The summed E-state index contributed by atoms with van der Waals surface area (Å²) in [5.74, 6) is -1.05. The lowest BCUT2D eigenvalue weighted by Crippen LogP contribution is -2.19. The fourth-order valence-electron chi connectivity index (χ4n) is 1.91. The van der Waals surface area contributed by atoms with Gasteiger partial charge in [-0.05, 0) is 50.7 Å². The highest BCUT2D eigenvalue weighted by Crippen LogP contribution is 2.23. The second-order valence-electron chi connectivity index (χ2n) is 5.92. The molecule has 0 heterocycles. The maximum Gasteiger partial charge on any atom is 0.190 e.